The average Bonchev–Trinajstić information content (AvgIpc) is 2.77. The zero-order valence-corrected chi connectivity index (χ0v) is 10.6. The molecule has 18 heavy (non-hydrogen) atoms. The molecular formula is C14H12ClN3. The molecule has 3 aromatic rings. The lowest BCUT2D eigenvalue weighted by Crippen LogP contribution is -1.88. The third-order valence-corrected chi connectivity index (χ3v) is 3.29. The Labute approximate surface area is 110 Å². The number of nitrogens with one attached hydrogen (secondary N) is 1. The number of fused-ring (bicyclic) bond motifs is 1. The fraction of sp³-hybridized carbons (Fsp3) is 0.0714. The van der Waals surface area contributed by atoms with E-state index in [4.69, 9.17) is 17.3 Å². The van der Waals surface area contributed by atoms with Gasteiger partial charge in [-0.1, -0.05) is 23.7 Å². The van der Waals surface area contributed by atoms with Crippen LogP contribution in [0.25, 0.3) is 22.4 Å². The molecule has 3 rings (SSSR count). The average molecular weight is 258 g/mol. The molecule has 0 aliphatic carbocycles. The molecule has 0 atom stereocenters. The monoisotopic (exact) mass is 257 g/mol. The van der Waals surface area contributed by atoms with Crippen LogP contribution in [0, 0.1) is 6.92 Å². The first-order chi connectivity index (χ1) is 8.65. The Morgan fingerprint density at radius 3 is 2.83 bits per heavy atom. The van der Waals surface area contributed by atoms with Gasteiger partial charge in [-0.15, -0.1) is 0 Å². The van der Waals surface area contributed by atoms with Crippen molar-refractivity contribution in [2.24, 2.45) is 0 Å². The number of aromatic amines is 1. The van der Waals surface area contributed by atoms with Crippen LogP contribution in [0.2, 0.25) is 5.02 Å². The topological polar surface area (TPSA) is 54.7 Å². The van der Waals surface area contributed by atoms with Gasteiger partial charge in [0.05, 0.1) is 16.1 Å². The maximum atomic E-state index is 6.18. The summed E-state index contributed by atoms with van der Waals surface area (Å²) in [4.78, 5) is 7.86. The summed E-state index contributed by atoms with van der Waals surface area (Å²) in [5.74, 6) is 0.747. The molecule has 90 valence electrons. The van der Waals surface area contributed by atoms with Crippen LogP contribution in [0.3, 0.4) is 0 Å². The first-order valence-corrected chi connectivity index (χ1v) is 6.03. The SMILES string of the molecule is Cc1cccc2[nH]c(-c3cc(N)ccc3Cl)nc12. The van der Waals surface area contributed by atoms with Crippen molar-refractivity contribution in [2.45, 2.75) is 6.92 Å². The lowest BCUT2D eigenvalue weighted by Gasteiger charge is -2.01. The smallest absolute Gasteiger partial charge is 0.140 e. The summed E-state index contributed by atoms with van der Waals surface area (Å²) in [6.45, 7) is 2.04. The number of nitrogens with two attached hydrogens (primary N) is 1. The molecule has 1 aromatic heterocycles. The molecule has 0 amide bonds. The molecule has 4 heteroatoms. The van der Waals surface area contributed by atoms with E-state index in [1.165, 1.54) is 0 Å². The largest absolute Gasteiger partial charge is 0.399 e. The third-order valence-electron chi connectivity index (χ3n) is 2.96. The number of hydrogen-bond donors (Lipinski definition) is 2. The summed E-state index contributed by atoms with van der Waals surface area (Å²) >= 11 is 6.18. The van der Waals surface area contributed by atoms with Crippen LogP contribution in [0.4, 0.5) is 5.69 Å². The summed E-state index contributed by atoms with van der Waals surface area (Å²) < 4.78 is 0. The molecule has 0 fully saturated rings. The second kappa shape index (κ2) is 4.03. The second-order valence-electron chi connectivity index (χ2n) is 4.30. The molecular weight excluding hydrogens is 246 g/mol. The summed E-state index contributed by atoms with van der Waals surface area (Å²) in [7, 11) is 0. The van der Waals surface area contributed by atoms with Gasteiger partial charge in [0.2, 0.25) is 0 Å². The van der Waals surface area contributed by atoms with Crippen molar-refractivity contribution in [3.63, 3.8) is 0 Å². The van der Waals surface area contributed by atoms with Crippen LogP contribution in [0.5, 0.6) is 0 Å². The minimum absolute atomic E-state index is 0.640. The maximum absolute atomic E-state index is 6.18. The molecule has 3 N–H and O–H groups in total. The van der Waals surface area contributed by atoms with Crippen molar-refractivity contribution in [1.82, 2.24) is 9.97 Å². The van der Waals surface area contributed by atoms with Gasteiger partial charge in [0.1, 0.15) is 5.82 Å². The number of anilines is 1. The molecule has 0 saturated carbocycles. The van der Waals surface area contributed by atoms with Crippen molar-refractivity contribution in [2.75, 3.05) is 5.73 Å². The van der Waals surface area contributed by atoms with Crippen LogP contribution >= 0.6 is 11.6 Å². The number of aryl methyl sites for hydroxylation is 1. The normalized spacial score (nSPS) is 11.0. The zero-order chi connectivity index (χ0) is 12.7. The highest BCUT2D eigenvalue weighted by molar-refractivity contribution is 6.33. The van der Waals surface area contributed by atoms with E-state index < -0.39 is 0 Å². The van der Waals surface area contributed by atoms with Crippen molar-refractivity contribution in [3.8, 4) is 11.4 Å². The van der Waals surface area contributed by atoms with E-state index in [1.807, 2.05) is 31.2 Å². The second-order valence-corrected chi connectivity index (χ2v) is 4.70. The molecule has 2 aromatic carbocycles. The third kappa shape index (κ3) is 1.73. The number of imidazole rings is 1. The van der Waals surface area contributed by atoms with Gasteiger partial charge < -0.3 is 10.7 Å². The molecule has 0 radical (unpaired) electrons. The Morgan fingerprint density at radius 2 is 2.06 bits per heavy atom. The minimum atomic E-state index is 0.640. The number of aromatic nitrogens is 2. The lowest BCUT2D eigenvalue weighted by atomic mass is 10.2. The molecule has 0 bridgehead atoms. The van der Waals surface area contributed by atoms with Crippen LogP contribution in [0.1, 0.15) is 5.56 Å². The number of rotatable bonds is 1. The number of H-pyrrole nitrogens is 1. The van der Waals surface area contributed by atoms with Crippen molar-refractivity contribution in [1.29, 1.82) is 0 Å². The van der Waals surface area contributed by atoms with Gasteiger partial charge in [0.15, 0.2) is 0 Å². The van der Waals surface area contributed by atoms with E-state index in [2.05, 4.69) is 9.97 Å². The number of nitrogens with zero attached hydrogens (tertiary/aromatic N) is 1. The van der Waals surface area contributed by atoms with Gasteiger partial charge in [-0.25, -0.2) is 4.98 Å². The van der Waals surface area contributed by atoms with Gasteiger partial charge >= 0.3 is 0 Å². The van der Waals surface area contributed by atoms with Crippen LogP contribution < -0.4 is 5.73 Å². The van der Waals surface area contributed by atoms with Crippen LogP contribution in [-0.4, -0.2) is 9.97 Å². The van der Waals surface area contributed by atoms with Gasteiger partial charge in [0.25, 0.3) is 0 Å². The Balaban J connectivity index is 2.26. The Hall–Kier alpha value is -2.00. The van der Waals surface area contributed by atoms with E-state index in [0.717, 1.165) is 28.0 Å². The van der Waals surface area contributed by atoms with Gasteiger partial charge in [-0.3, -0.25) is 0 Å². The number of para-hydroxylation sites is 1. The highest BCUT2D eigenvalue weighted by Crippen LogP contribution is 2.29. The molecule has 0 aliphatic heterocycles. The quantitative estimate of drug-likeness (QED) is 0.652. The maximum Gasteiger partial charge on any atom is 0.140 e. The molecule has 0 aliphatic rings. The molecule has 3 nitrogen and oxygen atoms in total. The number of nitrogen functional groups attached to an aromatic ring is 1. The fourth-order valence-electron chi connectivity index (χ4n) is 2.03. The molecule has 0 unspecified atom stereocenters. The van der Waals surface area contributed by atoms with Crippen LogP contribution in [-0.2, 0) is 0 Å². The summed E-state index contributed by atoms with van der Waals surface area (Å²) in [5.41, 5.74) is 10.4. The number of benzene rings is 2. The van der Waals surface area contributed by atoms with Gasteiger partial charge in [0, 0.05) is 11.3 Å². The van der Waals surface area contributed by atoms with E-state index in [-0.39, 0.29) is 0 Å². The van der Waals surface area contributed by atoms with Crippen LogP contribution in [0.15, 0.2) is 36.4 Å². The van der Waals surface area contributed by atoms with Crippen molar-refractivity contribution >= 4 is 28.3 Å². The van der Waals surface area contributed by atoms with Crippen molar-refractivity contribution in [3.05, 3.63) is 47.0 Å². The molecule has 0 spiro atoms. The summed E-state index contributed by atoms with van der Waals surface area (Å²) in [5, 5.41) is 0.640. The van der Waals surface area contributed by atoms with E-state index in [9.17, 15) is 0 Å². The number of hydrogen-bond acceptors (Lipinski definition) is 2. The lowest BCUT2D eigenvalue weighted by molar-refractivity contribution is 1.33. The Bertz CT molecular complexity index is 731. The van der Waals surface area contributed by atoms with Crippen molar-refractivity contribution < 1.29 is 0 Å². The highest BCUT2D eigenvalue weighted by atomic mass is 35.5. The van der Waals surface area contributed by atoms with Gasteiger partial charge in [-0.05, 0) is 36.8 Å². The standard InChI is InChI=1S/C14H12ClN3/c1-8-3-2-4-12-13(8)18-14(17-12)10-7-9(16)5-6-11(10)15/h2-7H,16H2,1H3,(H,17,18). The highest BCUT2D eigenvalue weighted by Gasteiger charge is 2.10. The first-order valence-electron chi connectivity index (χ1n) is 5.66. The zero-order valence-electron chi connectivity index (χ0n) is 9.87. The van der Waals surface area contributed by atoms with E-state index in [1.54, 1.807) is 12.1 Å². The summed E-state index contributed by atoms with van der Waals surface area (Å²) in [6, 6.07) is 11.4. The minimum Gasteiger partial charge on any atom is -0.399 e. The molecule has 0 saturated heterocycles. The van der Waals surface area contributed by atoms with Gasteiger partial charge in [-0.2, -0.15) is 0 Å². The molecule has 1 heterocycles. The first kappa shape index (κ1) is 11.1. The predicted molar refractivity (Wildman–Crippen MR) is 75.7 cm³/mol. The van der Waals surface area contributed by atoms with E-state index >= 15 is 0 Å². The Morgan fingerprint density at radius 1 is 1.22 bits per heavy atom. The summed E-state index contributed by atoms with van der Waals surface area (Å²) in [6.07, 6.45) is 0. The predicted octanol–water partition coefficient (Wildman–Crippen LogP) is 3.77. The Kier molecular flexibility index (Phi) is 2.49. The fourth-order valence-corrected chi connectivity index (χ4v) is 2.23. The van der Waals surface area contributed by atoms with E-state index in [0.29, 0.717) is 10.7 Å². The number of halogens is 1.